The number of fused-ring (bicyclic) bond motifs is 5. The molecule has 4 aliphatic carbocycles. The number of hydrogen-bond acceptors (Lipinski definition) is 4. The van der Waals surface area contributed by atoms with Gasteiger partial charge in [0.15, 0.2) is 0 Å². The maximum atomic E-state index is 13.3. The smallest absolute Gasteiger partial charge is 0.136 e. The minimum Gasteiger partial charge on any atom is -0.393 e. The Labute approximate surface area is 195 Å². The average Bonchev–Trinajstić information content (AvgIpc) is 3.10. The van der Waals surface area contributed by atoms with Gasteiger partial charge in [0.1, 0.15) is 5.78 Å². The lowest BCUT2D eigenvalue weighted by atomic mass is 9.44. The summed E-state index contributed by atoms with van der Waals surface area (Å²) in [4.78, 5) is 13.3. The van der Waals surface area contributed by atoms with Crippen LogP contribution < -0.4 is 0 Å². The van der Waals surface area contributed by atoms with Crippen molar-refractivity contribution in [3.05, 3.63) is 0 Å². The van der Waals surface area contributed by atoms with E-state index in [9.17, 15) is 20.1 Å². The van der Waals surface area contributed by atoms with Crippen LogP contribution in [0.25, 0.3) is 0 Å². The van der Waals surface area contributed by atoms with E-state index in [4.69, 9.17) is 0 Å². The number of carbonyl (C=O) groups is 1. The van der Waals surface area contributed by atoms with E-state index in [1.54, 1.807) is 0 Å². The highest BCUT2D eigenvalue weighted by molar-refractivity contribution is 5.83. The van der Waals surface area contributed by atoms with Gasteiger partial charge in [-0.15, -0.1) is 0 Å². The molecule has 0 aliphatic heterocycles. The van der Waals surface area contributed by atoms with Gasteiger partial charge in [0.25, 0.3) is 0 Å². The number of rotatable bonds is 5. The lowest BCUT2D eigenvalue weighted by Crippen LogP contribution is -2.57. The van der Waals surface area contributed by atoms with Gasteiger partial charge in [-0.2, -0.15) is 0 Å². The molecule has 4 aliphatic rings. The zero-order valence-electron chi connectivity index (χ0n) is 21.3. The molecule has 4 saturated carbocycles. The van der Waals surface area contributed by atoms with E-state index in [1.165, 1.54) is 0 Å². The molecule has 32 heavy (non-hydrogen) atoms. The molecular weight excluding hydrogens is 400 g/mol. The Morgan fingerprint density at radius 3 is 2.16 bits per heavy atom. The molecule has 0 amide bonds. The van der Waals surface area contributed by atoms with Gasteiger partial charge in [-0.25, -0.2) is 0 Å². The lowest BCUT2D eigenvalue weighted by molar-refractivity contribution is -0.161. The average molecular weight is 449 g/mol. The van der Waals surface area contributed by atoms with Gasteiger partial charge in [-0.1, -0.05) is 41.5 Å². The summed E-state index contributed by atoms with van der Waals surface area (Å²) in [6.07, 6.45) is 6.05. The summed E-state index contributed by atoms with van der Waals surface area (Å²) >= 11 is 0. The van der Waals surface area contributed by atoms with Gasteiger partial charge < -0.3 is 15.3 Å². The van der Waals surface area contributed by atoms with E-state index in [0.717, 1.165) is 38.5 Å². The van der Waals surface area contributed by atoms with Crippen LogP contribution in [0, 0.1) is 58.2 Å². The third-order valence-corrected chi connectivity index (χ3v) is 11.6. The zero-order valence-corrected chi connectivity index (χ0v) is 21.3. The number of ketones is 1. The summed E-state index contributed by atoms with van der Waals surface area (Å²) in [6, 6.07) is 0. The van der Waals surface area contributed by atoms with Crippen LogP contribution in [0.3, 0.4) is 0 Å². The Bertz CT molecular complexity index is 706. The third kappa shape index (κ3) is 3.71. The predicted octanol–water partition coefficient (Wildman–Crippen LogP) is 4.84. The van der Waals surface area contributed by atoms with Gasteiger partial charge >= 0.3 is 0 Å². The van der Waals surface area contributed by atoms with Crippen molar-refractivity contribution in [3.63, 3.8) is 0 Å². The third-order valence-electron chi connectivity index (χ3n) is 11.6. The van der Waals surface area contributed by atoms with Crippen LogP contribution in [0.2, 0.25) is 0 Å². The van der Waals surface area contributed by atoms with E-state index >= 15 is 0 Å². The maximum absolute atomic E-state index is 13.3. The number of Topliss-reactive ketones (excluding diaryl/α,β-unsaturated/α-hetero) is 1. The van der Waals surface area contributed by atoms with E-state index in [0.29, 0.717) is 48.2 Å². The van der Waals surface area contributed by atoms with E-state index in [-0.39, 0.29) is 34.7 Å². The molecule has 4 nitrogen and oxygen atoms in total. The lowest BCUT2D eigenvalue weighted by Gasteiger charge is -2.60. The second-order valence-corrected chi connectivity index (χ2v) is 13.2. The van der Waals surface area contributed by atoms with E-state index in [2.05, 4.69) is 34.6 Å². The van der Waals surface area contributed by atoms with Crippen LogP contribution in [0.5, 0.6) is 0 Å². The molecule has 0 aromatic carbocycles. The molecule has 12 atom stereocenters. The molecule has 3 unspecified atom stereocenters. The molecule has 4 heteroatoms. The maximum Gasteiger partial charge on any atom is 0.136 e. The minimum atomic E-state index is -0.694. The van der Waals surface area contributed by atoms with Crippen molar-refractivity contribution in [2.45, 2.75) is 111 Å². The Balaban J connectivity index is 1.54. The van der Waals surface area contributed by atoms with Crippen molar-refractivity contribution in [1.29, 1.82) is 0 Å². The number of aliphatic hydroxyl groups excluding tert-OH is 3. The number of aliphatic hydroxyl groups is 3. The molecule has 4 fully saturated rings. The van der Waals surface area contributed by atoms with Gasteiger partial charge in [0.05, 0.1) is 18.3 Å². The molecule has 0 saturated heterocycles. The van der Waals surface area contributed by atoms with Crippen molar-refractivity contribution < 1.29 is 20.1 Å². The fourth-order valence-corrected chi connectivity index (χ4v) is 9.18. The van der Waals surface area contributed by atoms with Crippen LogP contribution in [0.1, 0.15) is 92.9 Å². The Hall–Kier alpha value is -0.450. The predicted molar refractivity (Wildman–Crippen MR) is 127 cm³/mol. The summed E-state index contributed by atoms with van der Waals surface area (Å²) in [5.41, 5.74) is 0.187. The van der Waals surface area contributed by atoms with Crippen molar-refractivity contribution >= 4 is 5.78 Å². The highest BCUT2D eigenvalue weighted by Crippen LogP contribution is 2.67. The fraction of sp³-hybridized carbons (Fsp3) is 0.964. The Morgan fingerprint density at radius 1 is 0.875 bits per heavy atom. The fourth-order valence-electron chi connectivity index (χ4n) is 9.18. The summed E-state index contributed by atoms with van der Waals surface area (Å²) in [6.45, 7) is 13.2. The first-order valence-electron chi connectivity index (χ1n) is 13.5. The standard InChI is InChI=1S/C28H48O4/c1-15(2)16(3)25(31)26(32)17(4)20-7-8-21-19-14-24(30)23-13-18(29)9-11-28(23,6)22(19)10-12-27(20,21)5/h15-23,25-26,29,31-32H,7-14H2,1-6H3/t16-,17+,18?,19+,20-,21+,22+,23-,25?,26?,27-,28-/m1/s1. The van der Waals surface area contributed by atoms with E-state index in [1.807, 2.05) is 6.92 Å². The van der Waals surface area contributed by atoms with Crippen LogP contribution >= 0.6 is 0 Å². The van der Waals surface area contributed by atoms with Crippen LogP contribution in [-0.2, 0) is 4.79 Å². The number of hydrogen-bond donors (Lipinski definition) is 3. The minimum absolute atomic E-state index is 0.0440. The Kier molecular flexibility index (Phi) is 6.66. The second kappa shape index (κ2) is 8.64. The monoisotopic (exact) mass is 448 g/mol. The molecule has 0 bridgehead atoms. The SMILES string of the molecule is CC(C)[C@@H](C)C(O)C(O)[C@@H](C)[C@H]1CC[C@H]2[C@@H]3CC(=O)[C@H]4CC(O)CC[C@]4(C)[C@H]3CC[C@]12C. The van der Waals surface area contributed by atoms with Crippen LogP contribution in [0.4, 0.5) is 0 Å². The van der Waals surface area contributed by atoms with Crippen LogP contribution in [0.15, 0.2) is 0 Å². The molecule has 3 N–H and O–H groups in total. The van der Waals surface area contributed by atoms with Gasteiger partial charge in [0, 0.05) is 12.3 Å². The largest absolute Gasteiger partial charge is 0.393 e. The van der Waals surface area contributed by atoms with Crippen molar-refractivity contribution in [3.8, 4) is 0 Å². The molecule has 0 radical (unpaired) electrons. The summed E-state index contributed by atoms with van der Waals surface area (Å²) < 4.78 is 0. The molecule has 0 heterocycles. The number of carbonyl (C=O) groups excluding carboxylic acids is 1. The highest BCUT2D eigenvalue weighted by atomic mass is 16.3. The molecule has 4 rings (SSSR count). The normalized spacial score (nSPS) is 47.9. The Morgan fingerprint density at radius 2 is 1.50 bits per heavy atom. The van der Waals surface area contributed by atoms with Gasteiger partial charge in [-0.05, 0) is 97.2 Å². The molecular formula is C28H48O4. The first kappa shape index (κ1) is 24.7. The summed E-state index contributed by atoms with van der Waals surface area (Å²) in [5, 5.41) is 32.2. The quantitative estimate of drug-likeness (QED) is 0.563. The van der Waals surface area contributed by atoms with Gasteiger partial charge in [0.2, 0.25) is 0 Å². The van der Waals surface area contributed by atoms with Crippen molar-refractivity contribution in [2.24, 2.45) is 58.2 Å². The molecule has 0 spiro atoms. The zero-order chi connectivity index (χ0) is 23.6. The first-order chi connectivity index (χ1) is 14.9. The second-order valence-electron chi connectivity index (χ2n) is 13.2. The first-order valence-corrected chi connectivity index (χ1v) is 13.5. The van der Waals surface area contributed by atoms with E-state index < -0.39 is 12.2 Å². The van der Waals surface area contributed by atoms with Crippen molar-refractivity contribution in [2.75, 3.05) is 0 Å². The molecule has 0 aromatic rings. The summed E-state index contributed by atoms with van der Waals surface area (Å²) in [5.74, 6) is 2.88. The summed E-state index contributed by atoms with van der Waals surface area (Å²) in [7, 11) is 0. The van der Waals surface area contributed by atoms with Crippen molar-refractivity contribution in [1.82, 2.24) is 0 Å². The van der Waals surface area contributed by atoms with Crippen LogP contribution in [-0.4, -0.2) is 39.4 Å². The molecule has 184 valence electrons. The molecule has 0 aromatic heterocycles. The highest BCUT2D eigenvalue weighted by Gasteiger charge is 2.63. The van der Waals surface area contributed by atoms with Gasteiger partial charge in [-0.3, -0.25) is 4.79 Å². The topological polar surface area (TPSA) is 77.8 Å².